The summed E-state index contributed by atoms with van der Waals surface area (Å²) < 4.78 is 25.6. The van der Waals surface area contributed by atoms with Crippen LogP contribution in [0.5, 0.6) is 0 Å². The van der Waals surface area contributed by atoms with E-state index in [-0.39, 0.29) is 24.3 Å². The van der Waals surface area contributed by atoms with Crippen molar-refractivity contribution in [2.45, 2.75) is 25.4 Å². The average Bonchev–Trinajstić information content (AvgIpc) is 2.74. The Labute approximate surface area is 117 Å². The first-order valence-electron chi connectivity index (χ1n) is 6.25. The average molecular weight is 302 g/mol. The van der Waals surface area contributed by atoms with Crippen molar-refractivity contribution >= 4 is 21.7 Å². The molecule has 0 bridgehead atoms. The molecule has 1 aliphatic rings. The lowest BCUT2D eigenvalue weighted by atomic mass is 10.1. The molecule has 1 unspecified atom stereocenters. The van der Waals surface area contributed by atoms with Crippen LogP contribution in [0.4, 0.5) is 5.82 Å². The molecule has 0 aliphatic carbocycles. The zero-order valence-corrected chi connectivity index (χ0v) is 12.0. The van der Waals surface area contributed by atoms with Gasteiger partial charge in [0, 0.05) is 19.1 Å². The molecule has 0 spiro atoms. The first-order chi connectivity index (χ1) is 9.33. The number of nitrogens with one attached hydrogen (secondary N) is 1. The first-order valence-corrected chi connectivity index (χ1v) is 8.14. The quantitative estimate of drug-likeness (QED) is 0.705. The highest BCUT2D eigenvalue weighted by Crippen LogP contribution is 2.09. The van der Waals surface area contributed by atoms with Gasteiger partial charge in [-0.05, 0) is 12.8 Å². The molecular formula is C10H18N6O3S. The third kappa shape index (κ3) is 4.17. The Morgan fingerprint density at radius 3 is 3.00 bits per heavy atom. The van der Waals surface area contributed by atoms with Gasteiger partial charge in [0.25, 0.3) is 0 Å². The summed E-state index contributed by atoms with van der Waals surface area (Å²) >= 11 is 0. The van der Waals surface area contributed by atoms with E-state index in [1.807, 2.05) is 0 Å². The van der Waals surface area contributed by atoms with Gasteiger partial charge in [-0.3, -0.25) is 9.52 Å². The Morgan fingerprint density at radius 2 is 2.35 bits per heavy atom. The molecular weight excluding hydrogens is 284 g/mol. The van der Waals surface area contributed by atoms with Crippen molar-refractivity contribution in [2.24, 2.45) is 5.73 Å². The molecule has 2 heterocycles. The van der Waals surface area contributed by atoms with Crippen LogP contribution in [0.1, 0.15) is 12.8 Å². The number of rotatable bonds is 4. The van der Waals surface area contributed by atoms with Crippen molar-refractivity contribution < 1.29 is 13.2 Å². The van der Waals surface area contributed by atoms with Crippen molar-refractivity contribution in [2.75, 3.05) is 24.1 Å². The number of aromatic nitrogens is 3. The predicted molar refractivity (Wildman–Crippen MR) is 72.3 cm³/mol. The minimum atomic E-state index is -3.40. The number of nitrogens with two attached hydrogens (primary N) is 1. The fourth-order valence-corrected chi connectivity index (χ4v) is 2.56. The minimum absolute atomic E-state index is 0.0190. The molecule has 112 valence electrons. The van der Waals surface area contributed by atoms with Gasteiger partial charge in [0.2, 0.25) is 15.9 Å². The van der Waals surface area contributed by atoms with Crippen LogP contribution in [0, 0.1) is 0 Å². The summed E-state index contributed by atoms with van der Waals surface area (Å²) in [5, 5.41) is 7.36. The number of carbonyl (C=O) groups excluding carboxylic acids is 1. The molecule has 1 aliphatic heterocycles. The maximum Gasteiger partial charge on any atom is 0.244 e. The van der Waals surface area contributed by atoms with Gasteiger partial charge in [0.15, 0.2) is 5.82 Å². The lowest BCUT2D eigenvalue weighted by molar-refractivity contribution is -0.133. The number of anilines is 1. The smallest absolute Gasteiger partial charge is 0.244 e. The normalized spacial score (nSPS) is 19.9. The van der Waals surface area contributed by atoms with Crippen LogP contribution >= 0.6 is 0 Å². The van der Waals surface area contributed by atoms with E-state index in [2.05, 4.69) is 15.0 Å². The topological polar surface area (TPSA) is 123 Å². The lowest BCUT2D eigenvalue weighted by Gasteiger charge is -2.30. The summed E-state index contributed by atoms with van der Waals surface area (Å²) in [7, 11) is -3.40. The van der Waals surface area contributed by atoms with Crippen LogP contribution < -0.4 is 10.5 Å². The largest absolute Gasteiger partial charge is 0.340 e. The maximum atomic E-state index is 12.1. The van der Waals surface area contributed by atoms with E-state index >= 15 is 0 Å². The molecule has 0 saturated carbocycles. The van der Waals surface area contributed by atoms with Crippen LogP contribution in [0.15, 0.2) is 6.20 Å². The van der Waals surface area contributed by atoms with Crippen molar-refractivity contribution in [3.63, 3.8) is 0 Å². The van der Waals surface area contributed by atoms with Crippen LogP contribution in [0.2, 0.25) is 0 Å². The third-order valence-electron chi connectivity index (χ3n) is 2.94. The molecule has 20 heavy (non-hydrogen) atoms. The number of carbonyl (C=O) groups is 1. The van der Waals surface area contributed by atoms with E-state index in [0.717, 1.165) is 19.1 Å². The van der Waals surface area contributed by atoms with Gasteiger partial charge in [0.1, 0.15) is 6.54 Å². The molecule has 9 nitrogen and oxygen atoms in total. The van der Waals surface area contributed by atoms with Crippen molar-refractivity contribution in [3.05, 3.63) is 6.20 Å². The fourth-order valence-electron chi connectivity index (χ4n) is 2.09. The molecule has 10 heteroatoms. The van der Waals surface area contributed by atoms with Gasteiger partial charge in [0.05, 0.1) is 12.5 Å². The molecule has 1 aromatic heterocycles. The van der Waals surface area contributed by atoms with E-state index in [1.54, 1.807) is 4.90 Å². The van der Waals surface area contributed by atoms with Gasteiger partial charge in [-0.2, -0.15) is 0 Å². The number of sulfonamides is 1. The van der Waals surface area contributed by atoms with Gasteiger partial charge >= 0.3 is 0 Å². The van der Waals surface area contributed by atoms with Crippen LogP contribution in [-0.4, -0.2) is 59.6 Å². The maximum absolute atomic E-state index is 12.1. The molecule has 3 N–H and O–H groups in total. The van der Waals surface area contributed by atoms with E-state index in [4.69, 9.17) is 5.73 Å². The zero-order chi connectivity index (χ0) is 14.8. The van der Waals surface area contributed by atoms with Crippen molar-refractivity contribution in [3.8, 4) is 0 Å². The molecule has 1 atom stereocenters. The molecule has 0 radical (unpaired) electrons. The zero-order valence-electron chi connectivity index (χ0n) is 11.2. The van der Waals surface area contributed by atoms with E-state index in [9.17, 15) is 13.2 Å². The Hall–Kier alpha value is -1.68. The second-order valence-corrected chi connectivity index (χ2v) is 6.67. The Morgan fingerprint density at radius 1 is 1.60 bits per heavy atom. The van der Waals surface area contributed by atoms with Gasteiger partial charge in [-0.25, -0.2) is 13.1 Å². The Bertz CT molecular complexity index is 584. The summed E-state index contributed by atoms with van der Waals surface area (Å²) in [5.41, 5.74) is 5.82. The Kier molecular flexibility index (Phi) is 4.23. The molecule has 1 amide bonds. The van der Waals surface area contributed by atoms with Gasteiger partial charge in [-0.1, -0.05) is 5.21 Å². The van der Waals surface area contributed by atoms with Gasteiger partial charge < -0.3 is 10.6 Å². The molecule has 2 rings (SSSR count). The molecule has 1 fully saturated rings. The summed E-state index contributed by atoms with van der Waals surface area (Å²) in [6.07, 6.45) is 4.22. The number of piperidine rings is 1. The van der Waals surface area contributed by atoms with Crippen LogP contribution in [-0.2, 0) is 21.4 Å². The second kappa shape index (κ2) is 5.75. The highest BCUT2D eigenvalue weighted by molar-refractivity contribution is 7.92. The monoisotopic (exact) mass is 302 g/mol. The highest BCUT2D eigenvalue weighted by atomic mass is 32.2. The van der Waals surface area contributed by atoms with Gasteiger partial charge in [-0.15, -0.1) is 5.10 Å². The second-order valence-electron chi connectivity index (χ2n) is 4.92. The van der Waals surface area contributed by atoms with Crippen LogP contribution in [0.25, 0.3) is 0 Å². The number of amides is 1. The molecule has 1 saturated heterocycles. The highest BCUT2D eigenvalue weighted by Gasteiger charge is 2.21. The number of hydrogen-bond donors (Lipinski definition) is 2. The predicted octanol–water partition coefficient (Wildman–Crippen LogP) is -1.40. The van der Waals surface area contributed by atoms with E-state index in [0.29, 0.717) is 13.1 Å². The van der Waals surface area contributed by atoms with Crippen molar-refractivity contribution in [1.29, 1.82) is 0 Å². The van der Waals surface area contributed by atoms with E-state index in [1.165, 1.54) is 10.9 Å². The molecule has 0 aromatic carbocycles. The standard InChI is InChI=1S/C10H18N6O3S/c1-20(18,19)13-9-6-16(14-12-9)7-10(17)15-4-2-3-8(11)5-15/h6,8,13H,2-5,7,11H2,1H3. The van der Waals surface area contributed by atoms with Crippen molar-refractivity contribution in [1.82, 2.24) is 19.9 Å². The first kappa shape index (κ1) is 14.7. The lowest BCUT2D eigenvalue weighted by Crippen LogP contribution is -2.46. The summed E-state index contributed by atoms with van der Waals surface area (Å²) in [6.45, 7) is 1.25. The fraction of sp³-hybridized carbons (Fsp3) is 0.700. The third-order valence-corrected chi connectivity index (χ3v) is 3.52. The summed E-state index contributed by atoms with van der Waals surface area (Å²) in [4.78, 5) is 13.7. The SMILES string of the molecule is CS(=O)(=O)Nc1cn(CC(=O)N2CCCC(N)C2)nn1. The summed E-state index contributed by atoms with van der Waals surface area (Å²) in [5.74, 6) is -0.00778. The van der Waals surface area contributed by atoms with E-state index < -0.39 is 10.0 Å². The minimum Gasteiger partial charge on any atom is -0.340 e. The Balaban J connectivity index is 1.94. The number of nitrogens with zero attached hydrogens (tertiary/aromatic N) is 4. The van der Waals surface area contributed by atoms with Crippen LogP contribution in [0.3, 0.4) is 0 Å². The number of hydrogen-bond acceptors (Lipinski definition) is 6. The summed E-state index contributed by atoms with van der Waals surface area (Å²) in [6, 6.07) is 0.0194. The molecule has 1 aromatic rings. The number of likely N-dealkylation sites (tertiary alicyclic amines) is 1.